The number of aldehydes is 1. The lowest BCUT2D eigenvalue weighted by atomic mass is 9.86. The molecular weight excluding hydrogens is 430 g/mol. The van der Waals surface area contributed by atoms with Gasteiger partial charge in [0.25, 0.3) is 0 Å². The number of carbonyl (C=O) groups excluding carboxylic acids is 2. The van der Waals surface area contributed by atoms with Gasteiger partial charge in [-0.3, -0.25) is 4.79 Å². The quantitative estimate of drug-likeness (QED) is 0.341. The fourth-order valence-electron chi connectivity index (χ4n) is 4.90. The number of aryl methyl sites for hydroxylation is 1. The molecule has 0 amide bonds. The summed E-state index contributed by atoms with van der Waals surface area (Å²) in [7, 11) is 1.55. The Hall–Kier alpha value is -1.76. The van der Waals surface area contributed by atoms with Crippen LogP contribution in [-0.4, -0.2) is 67.3 Å². The normalized spacial score (nSPS) is 28.5. The maximum absolute atomic E-state index is 12.4. The third kappa shape index (κ3) is 11.1. The van der Waals surface area contributed by atoms with Crippen LogP contribution in [0.25, 0.3) is 0 Å². The summed E-state index contributed by atoms with van der Waals surface area (Å²) in [6.45, 7) is 7.08. The SMILES string of the molecule is COC1CC(CC=O)CC(C)CCN(CCCCc2ccccc2)CCC(C)OC(=O)CC1O. The lowest BCUT2D eigenvalue weighted by molar-refractivity contribution is -0.153. The maximum atomic E-state index is 12.4. The first-order valence-electron chi connectivity index (χ1n) is 13.0. The van der Waals surface area contributed by atoms with Gasteiger partial charge in [-0.05, 0) is 82.4 Å². The van der Waals surface area contributed by atoms with Crippen LogP contribution in [0.15, 0.2) is 30.3 Å². The van der Waals surface area contributed by atoms with Crippen molar-refractivity contribution >= 4 is 12.3 Å². The molecular formula is C28H45NO5. The van der Waals surface area contributed by atoms with Crippen LogP contribution >= 0.6 is 0 Å². The third-order valence-corrected chi connectivity index (χ3v) is 6.99. The molecule has 1 aromatic carbocycles. The molecule has 1 aliphatic rings. The van der Waals surface area contributed by atoms with Crippen LogP contribution in [0.3, 0.4) is 0 Å². The third-order valence-electron chi connectivity index (χ3n) is 6.99. The minimum atomic E-state index is -0.930. The van der Waals surface area contributed by atoms with Crippen molar-refractivity contribution in [2.75, 3.05) is 26.7 Å². The van der Waals surface area contributed by atoms with E-state index in [-0.39, 0.29) is 18.4 Å². The molecule has 0 saturated carbocycles. The van der Waals surface area contributed by atoms with Gasteiger partial charge in [0.1, 0.15) is 12.4 Å². The monoisotopic (exact) mass is 475 g/mol. The summed E-state index contributed by atoms with van der Waals surface area (Å²) in [5.41, 5.74) is 1.38. The fraction of sp³-hybridized carbons (Fsp3) is 0.714. The van der Waals surface area contributed by atoms with Crippen LogP contribution in [0, 0.1) is 11.8 Å². The van der Waals surface area contributed by atoms with Crippen molar-refractivity contribution in [3.05, 3.63) is 35.9 Å². The van der Waals surface area contributed by atoms with Gasteiger partial charge in [-0.2, -0.15) is 0 Å². The van der Waals surface area contributed by atoms with Crippen LogP contribution in [-0.2, 0) is 25.5 Å². The summed E-state index contributed by atoms with van der Waals surface area (Å²) in [6.07, 6.45) is 6.39. The van der Waals surface area contributed by atoms with E-state index in [0.29, 0.717) is 18.8 Å². The Balaban J connectivity index is 1.98. The molecule has 192 valence electrons. The molecule has 0 radical (unpaired) electrons. The Labute approximate surface area is 206 Å². The predicted molar refractivity (Wildman–Crippen MR) is 135 cm³/mol. The first kappa shape index (κ1) is 28.5. The number of methoxy groups -OCH3 is 1. The second kappa shape index (κ2) is 16.0. The van der Waals surface area contributed by atoms with Gasteiger partial charge in [-0.1, -0.05) is 37.3 Å². The van der Waals surface area contributed by atoms with Gasteiger partial charge in [0.2, 0.25) is 0 Å². The Bertz CT molecular complexity index is 697. The number of nitrogens with zero attached hydrogens (tertiary/aromatic N) is 1. The van der Waals surface area contributed by atoms with E-state index in [1.807, 2.05) is 6.92 Å². The van der Waals surface area contributed by atoms with E-state index in [0.717, 1.165) is 64.4 Å². The predicted octanol–water partition coefficient (Wildman–Crippen LogP) is 4.42. The van der Waals surface area contributed by atoms with Crippen molar-refractivity contribution in [2.24, 2.45) is 11.8 Å². The number of carbonyl (C=O) groups is 2. The summed E-state index contributed by atoms with van der Waals surface area (Å²) in [5.74, 6) is 0.199. The first-order chi connectivity index (χ1) is 16.4. The van der Waals surface area contributed by atoms with Crippen molar-refractivity contribution in [3.63, 3.8) is 0 Å². The number of hydrogen-bond donors (Lipinski definition) is 1. The number of aliphatic hydroxyl groups excluding tert-OH is 1. The number of ether oxygens (including phenoxy) is 2. The largest absolute Gasteiger partial charge is 0.463 e. The van der Waals surface area contributed by atoms with Gasteiger partial charge in [-0.25, -0.2) is 0 Å². The minimum absolute atomic E-state index is 0.0879. The maximum Gasteiger partial charge on any atom is 0.308 e. The second-order valence-electron chi connectivity index (χ2n) is 10.1. The van der Waals surface area contributed by atoms with Crippen LogP contribution < -0.4 is 0 Å². The number of rotatable bonds is 8. The van der Waals surface area contributed by atoms with Crippen molar-refractivity contribution in [2.45, 2.75) is 89.9 Å². The number of unbranched alkanes of at least 4 members (excludes halogenated alkanes) is 1. The molecule has 5 atom stereocenters. The van der Waals surface area contributed by atoms with Crippen molar-refractivity contribution in [1.29, 1.82) is 0 Å². The zero-order valence-electron chi connectivity index (χ0n) is 21.4. The molecule has 5 unspecified atom stereocenters. The molecule has 34 heavy (non-hydrogen) atoms. The van der Waals surface area contributed by atoms with Gasteiger partial charge in [-0.15, -0.1) is 0 Å². The summed E-state index contributed by atoms with van der Waals surface area (Å²) in [4.78, 5) is 26.2. The van der Waals surface area contributed by atoms with E-state index in [1.54, 1.807) is 7.11 Å². The summed E-state index contributed by atoms with van der Waals surface area (Å²) in [5, 5.41) is 10.6. The lowest BCUT2D eigenvalue weighted by Crippen LogP contribution is -2.34. The second-order valence-corrected chi connectivity index (χ2v) is 10.1. The van der Waals surface area contributed by atoms with Crippen LogP contribution in [0.2, 0.25) is 0 Å². The first-order valence-corrected chi connectivity index (χ1v) is 13.0. The van der Waals surface area contributed by atoms with E-state index in [4.69, 9.17) is 9.47 Å². The summed E-state index contributed by atoms with van der Waals surface area (Å²) < 4.78 is 11.1. The average Bonchev–Trinajstić information content (AvgIpc) is 2.81. The molecule has 1 aromatic rings. The molecule has 1 N–H and O–H groups in total. The topological polar surface area (TPSA) is 76.1 Å². The van der Waals surface area contributed by atoms with Crippen molar-refractivity contribution in [1.82, 2.24) is 4.90 Å². The van der Waals surface area contributed by atoms with E-state index in [2.05, 4.69) is 42.2 Å². The molecule has 1 aliphatic heterocycles. The van der Waals surface area contributed by atoms with Gasteiger partial charge >= 0.3 is 5.97 Å². The van der Waals surface area contributed by atoms with Crippen molar-refractivity contribution in [3.8, 4) is 0 Å². The van der Waals surface area contributed by atoms with E-state index in [9.17, 15) is 14.7 Å². The Morgan fingerprint density at radius 2 is 1.85 bits per heavy atom. The zero-order chi connectivity index (χ0) is 24.8. The van der Waals surface area contributed by atoms with Gasteiger partial charge in [0.15, 0.2) is 0 Å². The Morgan fingerprint density at radius 1 is 1.12 bits per heavy atom. The van der Waals surface area contributed by atoms with E-state index >= 15 is 0 Å². The molecule has 0 aliphatic carbocycles. The molecule has 0 aromatic heterocycles. The van der Waals surface area contributed by atoms with Gasteiger partial charge < -0.3 is 24.3 Å². The molecule has 1 heterocycles. The highest BCUT2D eigenvalue weighted by Gasteiger charge is 2.27. The standard InChI is InChI=1S/C28H45NO5/c1-22-12-16-29(15-8-7-11-24-9-5-4-6-10-24)17-13-23(2)34-28(32)21-26(31)27(33-3)20-25(19-22)14-18-30/h4-6,9-10,18,22-23,25-27,31H,7-8,11-17,19-21H2,1-3H3. The van der Waals surface area contributed by atoms with Gasteiger partial charge in [0, 0.05) is 20.1 Å². The Kier molecular flexibility index (Phi) is 13.4. The van der Waals surface area contributed by atoms with Gasteiger partial charge in [0.05, 0.1) is 18.6 Å². The minimum Gasteiger partial charge on any atom is -0.463 e. The molecule has 0 bridgehead atoms. The number of esters is 1. The lowest BCUT2D eigenvalue weighted by Gasteiger charge is -2.27. The fourth-order valence-corrected chi connectivity index (χ4v) is 4.90. The molecule has 2 rings (SSSR count). The highest BCUT2D eigenvalue weighted by molar-refractivity contribution is 5.70. The number of cyclic esters (lactones) is 1. The average molecular weight is 476 g/mol. The van der Waals surface area contributed by atoms with E-state index in [1.165, 1.54) is 5.56 Å². The number of hydrogen-bond acceptors (Lipinski definition) is 6. The zero-order valence-corrected chi connectivity index (χ0v) is 21.4. The number of benzene rings is 1. The van der Waals surface area contributed by atoms with E-state index < -0.39 is 18.2 Å². The highest BCUT2D eigenvalue weighted by Crippen LogP contribution is 2.26. The highest BCUT2D eigenvalue weighted by atomic mass is 16.5. The smallest absolute Gasteiger partial charge is 0.308 e. The number of aliphatic hydroxyl groups is 1. The molecule has 1 saturated heterocycles. The van der Waals surface area contributed by atoms with Crippen LogP contribution in [0.4, 0.5) is 0 Å². The van der Waals surface area contributed by atoms with Crippen molar-refractivity contribution < 1.29 is 24.2 Å². The molecule has 0 spiro atoms. The molecule has 6 nitrogen and oxygen atoms in total. The molecule has 6 heteroatoms. The Morgan fingerprint density at radius 3 is 2.56 bits per heavy atom. The van der Waals surface area contributed by atoms with Crippen LogP contribution in [0.1, 0.15) is 70.8 Å². The molecule has 1 fully saturated rings. The summed E-state index contributed by atoms with van der Waals surface area (Å²) >= 11 is 0. The van der Waals surface area contributed by atoms with Crippen LogP contribution in [0.5, 0.6) is 0 Å². The summed E-state index contributed by atoms with van der Waals surface area (Å²) in [6, 6.07) is 10.6.